The molecule has 3 heterocycles. The number of aryl methyl sites for hydroxylation is 1. The Morgan fingerprint density at radius 1 is 1.23 bits per heavy atom. The molecule has 8 nitrogen and oxygen atoms in total. The minimum Gasteiger partial charge on any atom is -0.465 e. The molecule has 4 rings (SSSR count). The van der Waals surface area contributed by atoms with Gasteiger partial charge in [0.25, 0.3) is 10.0 Å². The molecular formula is C21H26N4O4S. The quantitative estimate of drug-likeness (QED) is 0.699. The van der Waals surface area contributed by atoms with Crippen molar-refractivity contribution in [2.45, 2.75) is 37.1 Å². The molecule has 0 aliphatic carbocycles. The summed E-state index contributed by atoms with van der Waals surface area (Å²) in [5.41, 5.74) is 0.542. The number of fused-ring (bicyclic) bond motifs is 1. The molecule has 2 aromatic rings. The van der Waals surface area contributed by atoms with Crippen LogP contribution < -0.4 is 10.0 Å². The number of sulfonamides is 1. The van der Waals surface area contributed by atoms with Crippen LogP contribution in [0.15, 0.2) is 50.7 Å². The van der Waals surface area contributed by atoms with Gasteiger partial charge in [-0.1, -0.05) is 12.1 Å². The molecule has 2 N–H and O–H groups in total. The first-order valence-corrected chi connectivity index (χ1v) is 11.7. The summed E-state index contributed by atoms with van der Waals surface area (Å²) in [7, 11) is -3.56. The minimum absolute atomic E-state index is 0.0185. The van der Waals surface area contributed by atoms with Crippen LogP contribution in [0, 0.1) is 6.92 Å². The number of nitrogens with zero attached hydrogens (tertiary/aromatic N) is 2. The van der Waals surface area contributed by atoms with Crippen LogP contribution in [0.1, 0.15) is 42.4 Å². The van der Waals surface area contributed by atoms with Crippen LogP contribution in [0.25, 0.3) is 0 Å². The molecule has 1 fully saturated rings. The molecule has 30 heavy (non-hydrogen) atoms. The van der Waals surface area contributed by atoms with Gasteiger partial charge in [-0.2, -0.15) is 0 Å². The number of furan rings is 1. The van der Waals surface area contributed by atoms with Crippen molar-refractivity contribution in [1.82, 2.24) is 14.9 Å². The molecule has 1 aromatic carbocycles. The van der Waals surface area contributed by atoms with Gasteiger partial charge < -0.3 is 9.73 Å². The Morgan fingerprint density at radius 3 is 2.73 bits per heavy atom. The van der Waals surface area contributed by atoms with Crippen molar-refractivity contribution < 1.29 is 17.6 Å². The topological polar surface area (TPSA) is 104 Å². The molecule has 2 aliphatic heterocycles. The highest BCUT2D eigenvalue weighted by Crippen LogP contribution is 2.26. The Hall–Kier alpha value is -2.65. The van der Waals surface area contributed by atoms with Gasteiger partial charge in [0.05, 0.1) is 17.5 Å². The predicted octanol–water partition coefficient (Wildman–Crippen LogP) is 1.97. The third kappa shape index (κ3) is 4.41. The maximum atomic E-state index is 12.4. The molecule has 0 bridgehead atoms. The van der Waals surface area contributed by atoms with E-state index in [2.05, 4.69) is 19.9 Å². The highest BCUT2D eigenvalue weighted by molar-refractivity contribution is 7.90. The second kappa shape index (κ2) is 8.61. The van der Waals surface area contributed by atoms with Crippen molar-refractivity contribution in [2.24, 2.45) is 4.99 Å². The fourth-order valence-corrected chi connectivity index (χ4v) is 5.17. The van der Waals surface area contributed by atoms with Crippen molar-refractivity contribution in [3.63, 3.8) is 0 Å². The minimum atomic E-state index is -3.56. The Morgan fingerprint density at radius 2 is 2.00 bits per heavy atom. The van der Waals surface area contributed by atoms with E-state index in [1.807, 2.05) is 19.1 Å². The zero-order valence-corrected chi connectivity index (χ0v) is 17.7. The van der Waals surface area contributed by atoms with E-state index in [9.17, 15) is 13.2 Å². The average Bonchev–Trinajstić information content (AvgIpc) is 3.44. The maximum absolute atomic E-state index is 12.4. The number of aliphatic imine (C=N–C) groups is 1. The molecule has 9 heteroatoms. The van der Waals surface area contributed by atoms with Gasteiger partial charge in [-0.25, -0.2) is 8.42 Å². The molecule has 0 unspecified atom stereocenters. The number of rotatable bonds is 7. The standard InChI is InChI=1S/C21H26N4O4S/c1-15-8-9-18(29-15)17(25-12-4-5-13-25)14-23-20(26)10-11-22-21-16-6-2-3-7-19(16)30(27,28)24-21/h2-3,6-9,17H,4-5,10-14H2,1H3,(H,22,24)(H,23,26)/t17-/m0/s1. The van der Waals surface area contributed by atoms with Crippen molar-refractivity contribution in [2.75, 3.05) is 26.2 Å². The molecule has 0 saturated carbocycles. The number of nitrogens with one attached hydrogen (secondary N) is 2. The van der Waals surface area contributed by atoms with Gasteiger partial charge in [-0.05, 0) is 57.1 Å². The van der Waals surface area contributed by atoms with Crippen molar-refractivity contribution in [3.8, 4) is 0 Å². The van der Waals surface area contributed by atoms with Crippen LogP contribution in [0.2, 0.25) is 0 Å². The van der Waals surface area contributed by atoms with E-state index in [1.165, 1.54) is 0 Å². The number of hydrogen-bond acceptors (Lipinski definition) is 6. The molecule has 1 atom stereocenters. The normalized spacial score (nSPS) is 20.1. The van der Waals surface area contributed by atoms with Gasteiger partial charge in [0.2, 0.25) is 5.91 Å². The van der Waals surface area contributed by atoms with E-state index in [0.29, 0.717) is 17.9 Å². The number of hydrogen-bond donors (Lipinski definition) is 2. The van der Waals surface area contributed by atoms with Gasteiger partial charge in [-0.3, -0.25) is 19.4 Å². The lowest BCUT2D eigenvalue weighted by Gasteiger charge is -2.26. The van der Waals surface area contributed by atoms with E-state index in [-0.39, 0.29) is 29.8 Å². The van der Waals surface area contributed by atoms with Crippen LogP contribution in [-0.4, -0.2) is 51.2 Å². The fourth-order valence-electron chi connectivity index (χ4n) is 3.91. The highest BCUT2D eigenvalue weighted by Gasteiger charge is 2.30. The van der Waals surface area contributed by atoms with Crippen LogP contribution in [0.3, 0.4) is 0 Å². The summed E-state index contributed by atoms with van der Waals surface area (Å²) in [6.07, 6.45) is 2.48. The molecule has 160 valence electrons. The number of carbonyl (C=O) groups excluding carboxylic acids is 1. The van der Waals surface area contributed by atoms with Gasteiger partial charge in [-0.15, -0.1) is 0 Å². The summed E-state index contributed by atoms with van der Waals surface area (Å²) in [5.74, 6) is 1.89. The smallest absolute Gasteiger partial charge is 0.263 e. The first-order chi connectivity index (χ1) is 14.4. The summed E-state index contributed by atoms with van der Waals surface area (Å²) in [4.78, 5) is 19.2. The summed E-state index contributed by atoms with van der Waals surface area (Å²) >= 11 is 0. The van der Waals surface area contributed by atoms with Crippen LogP contribution in [0.5, 0.6) is 0 Å². The molecule has 2 aliphatic rings. The monoisotopic (exact) mass is 430 g/mol. The number of carbonyl (C=O) groups is 1. The third-order valence-electron chi connectivity index (χ3n) is 5.44. The van der Waals surface area contributed by atoms with Gasteiger partial charge in [0.1, 0.15) is 17.4 Å². The van der Waals surface area contributed by atoms with E-state index < -0.39 is 10.0 Å². The van der Waals surface area contributed by atoms with Crippen molar-refractivity contribution >= 4 is 21.8 Å². The molecule has 0 radical (unpaired) electrons. The lowest BCUT2D eigenvalue weighted by Crippen LogP contribution is -2.36. The lowest BCUT2D eigenvalue weighted by molar-refractivity contribution is -0.121. The Balaban J connectivity index is 1.34. The first kappa shape index (κ1) is 20.6. The highest BCUT2D eigenvalue weighted by atomic mass is 32.2. The number of likely N-dealkylation sites (tertiary alicyclic amines) is 1. The van der Waals surface area contributed by atoms with Gasteiger partial charge in [0, 0.05) is 18.5 Å². The largest absolute Gasteiger partial charge is 0.465 e. The molecule has 1 aromatic heterocycles. The average molecular weight is 431 g/mol. The third-order valence-corrected chi connectivity index (χ3v) is 6.83. The summed E-state index contributed by atoms with van der Waals surface area (Å²) in [6.45, 7) is 4.57. The molecule has 1 amide bonds. The van der Waals surface area contributed by atoms with Crippen LogP contribution in [0.4, 0.5) is 0 Å². The maximum Gasteiger partial charge on any atom is 0.263 e. The van der Waals surface area contributed by atoms with Gasteiger partial charge >= 0.3 is 0 Å². The molecule has 0 spiro atoms. The Kier molecular flexibility index (Phi) is 5.92. The Labute approximate surface area is 176 Å². The molecular weight excluding hydrogens is 404 g/mol. The SMILES string of the molecule is Cc1ccc([C@H](CNC(=O)CCN=C2NS(=O)(=O)c3ccccc32)N2CCCC2)o1. The van der Waals surface area contributed by atoms with Crippen LogP contribution in [-0.2, 0) is 14.8 Å². The van der Waals surface area contributed by atoms with E-state index in [4.69, 9.17) is 4.42 Å². The summed E-state index contributed by atoms with van der Waals surface area (Å²) in [5, 5.41) is 2.98. The summed E-state index contributed by atoms with van der Waals surface area (Å²) in [6, 6.07) is 10.6. The Bertz CT molecular complexity index is 1050. The van der Waals surface area contributed by atoms with E-state index in [1.54, 1.807) is 24.3 Å². The van der Waals surface area contributed by atoms with Crippen molar-refractivity contribution in [1.29, 1.82) is 0 Å². The second-order valence-corrected chi connectivity index (χ2v) is 9.24. The van der Waals surface area contributed by atoms with E-state index in [0.717, 1.165) is 37.5 Å². The first-order valence-electron chi connectivity index (χ1n) is 10.2. The van der Waals surface area contributed by atoms with Gasteiger partial charge in [0.15, 0.2) is 0 Å². The van der Waals surface area contributed by atoms with Crippen LogP contribution >= 0.6 is 0 Å². The number of amidine groups is 1. The predicted molar refractivity (Wildman–Crippen MR) is 113 cm³/mol. The lowest BCUT2D eigenvalue weighted by atomic mass is 10.2. The zero-order chi connectivity index (χ0) is 21.1. The number of amides is 1. The zero-order valence-electron chi connectivity index (χ0n) is 16.9. The second-order valence-electron chi connectivity index (χ2n) is 7.59. The van der Waals surface area contributed by atoms with Crippen molar-refractivity contribution in [3.05, 3.63) is 53.5 Å². The molecule has 1 saturated heterocycles. The number of benzene rings is 1. The summed E-state index contributed by atoms with van der Waals surface area (Å²) < 4.78 is 32.5. The fraction of sp³-hybridized carbons (Fsp3) is 0.429. The van der Waals surface area contributed by atoms with E-state index >= 15 is 0 Å².